The number of amides is 1. The van der Waals surface area contributed by atoms with E-state index in [0.717, 1.165) is 17.9 Å². The normalized spacial score (nSPS) is 12.6. The fourth-order valence-corrected chi connectivity index (χ4v) is 2.19. The fraction of sp³-hybridized carbons (Fsp3) is 0.579. The number of carbonyl (C=O) groups is 1. The number of rotatable bonds is 9. The number of nitrogens with one attached hydrogen (secondary N) is 3. The van der Waals surface area contributed by atoms with Crippen LogP contribution in [0.2, 0.25) is 0 Å². The Morgan fingerprint density at radius 1 is 1.20 bits per heavy atom. The van der Waals surface area contributed by atoms with Gasteiger partial charge in [0.1, 0.15) is 11.9 Å². The van der Waals surface area contributed by atoms with E-state index in [9.17, 15) is 4.79 Å². The van der Waals surface area contributed by atoms with E-state index >= 15 is 0 Å². The van der Waals surface area contributed by atoms with Gasteiger partial charge in [0.25, 0.3) is 0 Å². The van der Waals surface area contributed by atoms with Gasteiger partial charge in [-0.3, -0.25) is 4.79 Å². The molecule has 0 heterocycles. The van der Waals surface area contributed by atoms with Gasteiger partial charge < -0.3 is 20.7 Å². The maximum absolute atomic E-state index is 11.7. The molecule has 0 radical (unpaired) electrons. The van der Waals surface area contributed by atoms with Crippen molar-refractivity contribution in [3.8, 4) is 5.75 Å². The van der Waals surface area contributed by atoms with Crippen LogP contribution >= 0.6 is 0 Å². The van der Waals surface area contributed by atoms with Gasteiger partial charge in [-0.15, -0.1) is 0 Å². The Morgan fingerprint density at radius 3 is 2.56 bits per heavy atom. The Labute approximate surface area is 151 Å². The molecule has 25 heavy (non-hydrogen) atoms. The Bertz CT molecular complexity index is 558. The standard InChI is InChI=1S/C19H32N4O2/c1-6-20-19(21-12-11-18(24)23-14(2)3)22-13-16(5)25-17-10-8-7-9-15(17)4/h7-10,14,16H,6,11-13H2,1-5H3,(H,23,24)(H2,20,21,22). The number of ether oxygens (including phenoxy) is 1. The van der Waals surface area contributed by atoms with Crippen molar-refractivity contribution in [1.29, 1.82) is 0 Å². The van der Waals surface area contributed by atoms with Gasteiger partial charge in [-0.05, 0) is 46.2 Å². The van der Waals surface area contributed by atoms with Gasteiger partial charge in [0.05, 0.1) is 6.54 Å². The summed E-state index contributed by atoms with van der Waals surface area (Å²) >= 11 is 0. The zero-order valence-corrected chi connectivity index (χ0v) is 16.1. The van der Waals surface area contributed by atoms with Gasteiger partial charge in [-0.2, -0.15) is 0 Å². The molecule has 0 saturated carbocycles. The van der Waals surface area contributed by atoms with E-state index in [1.807, 2.05) is 58.9 Å². The Kier molecular flexibility index (Phi) is 9.43. The van der Waals surface area contributed by atoms with Crippen LogP contribution in [-0.4, -0.2) is 43.6 Å². The zero-order chi connectivity index (χ0) is 18.7. The van der Waals surface area contributed by atoms with E-state index in [1.165, 1.54) is 0 Å². The van der Waals surface area contributed by atoms with E-state index in [1.54, 1.807) is 0 Å². The first kappa shape index (κ1) is 20.8. The number of hydrogen-bond acceptors (Lipinski definition) is 3. The first-order valence-corrected chi connectivity index (χ1v) is 8.96. The highest BCUT2D eigenvalue weighted by Gasteiger charge is 2.07. The van der Waals surface area contributed by atoms with Crippen molar-refractivity contribution in [2.75, 3.05) is 19.6 Å². The predicted octanol–water partition coefficient (Wildman–Crippen LogP) is 2.23. The summed E-state index contributed by atoms with van der Waals surface area (Å²) in [6.45, 7) is 11.8. The highest BCUT2D eigenvalue weighted by atomic mass is 16.5. The molecule has 6 nitrogen and oxygen atoms in total. The summed E-state index contributed by atoms with van der Waals surface area (Å²) in [6, 6.07) is 8.11. The minimum atomic E-state index is -0.0409. The monoisotopic (exact) mass is 348 g/mol. The highest BCUT2D eigenvalue weighted by Crippen LogP contribution is 2.17. The van der Waals surface area contributed by atoms with E-state index < -0.39 is 0 Å². The predicted molar refractivity (Wildman–Crippen MR) is 103 cm³/mol. The van der Waals surface area contributed by atoms with Crippen molar-refractivity contribution in [2.45, 2.75) is 53.2 Å². The molecule has 1 rings (SSSR count). The summed E-state index contributed by atoms with van der Waals surface area (Å²) < 4.78 is 5.93. The van der Waals surface area contributed by atoms with Gasteiger partial charge in [-0.1, -0.05) is 18.2 Å². The van der Waals surface area contributed by atoms with Crippen molar-refractivity contribution < 1.29 is 9.53 Å². The van der Waals surface area contributed by atoms with Gasteiger partial charge in [0.2, 0.25) is 5.91 Å². The van der Waals surface area contributed by atoms with E-state index in [0.29, 0.717) is 25.5 Å². The van der Waals surface area contributed by atoms with Crippen LogP contribution in [0, 0.1) is 6.92 Å². The maximum atomic E-state index is 11.7. The molecule has 0 aliphatic heterocycles. The van der Waals surface area contributed by atoms with E-state index in [4.69, 9.17) is 4.74 Å². The third-order valence-corrected chi connectivity index (χ3v) is 3.37. The van der Waals surface area contributed by atoms with Crippen LogP contribution in [0.5, 0.6) is 5.75 Å². The Morgan fingerprint density at radius 2 is 1.92 bits per heavy atom. The second kappa shape index (κ2) is 11.3. The molecular formula is C19H32N4O2. The lowest BCUT2D eigenvalue weighted by atomic mass is 10.2. The second-order valence-corrected chi connectivity index (χ2v) is 6.31. The van der Waals surface area contributed by atoms with Gasteiger partial charge in [0, 0.05) is 25.6 Å². The van der Waals surface area contributed by atoms with Crippen molar-refractivity contribution in [3.05, 3.63) is 29.8 Å². The van der Waals surface area contributed by atoms with Crippen molar-refractivity contribution in [1.82, 2.24) is 16.0 Å². The van der Waals surface area contributed by atoms with Crippen LogP contribution in [0.4, 0.5) is 0 Å². The SMILES string of the molecule is CCNC(=NCC(C)Oc1ccccc1C)NCCC(=O)NC(C)C. The molecule has 3 N–H and O–H groups in total. The van der Waals surface area contributed by atoms with Crippen molar-refractivity contribution >= 4 is 11.9 Å². The van der Waals surface area contributed by atoms with Crippen LogP contribution in [0.15, 0.2) is 29.3 Å². The third-order valence-electron chi connectivity index (χ3n) is 3.37. The number of para-hydroxylation sites is 1. The summed E-state index contributed by atoms with van der Waals surface area (Å²) in [7, 11) is 0. The number of nitrogens with zero attached hydrogens (tertiary/aromatic N) is 1. The van der Waals surface area contributed by atoms with Crippen molar-refractivity contribution in [3.63, 3.8) is 0 Å². The molecule has 0 spiro atoms. The number of aryl methyl sites for hydroxylation is 1. The van der Waals surface area contributed by atoms with Crippen LogP contribution in [0.3, 0.4) is 0 Å². The third kappa shape index (κ3) is 8.98. The van der Waals surface area contributed by atoms with E-state index in [-0.39, 0.29) is 18.1 Å². The molecule has 0 saturated heterocycles. The van der Waals surface area contributed by atoms with Gasteiger partial charge in [0.15, 0.2) is 5.96 Å². The largest absolute Gasteiger partial charge is 0.489 e. The van der Waals surface area contributed by atoms with Crippen LogP contribution in [0.25, 0.3) is 0 Å². The smallest absolute Gasteiger partial charge is 0.221 e. The van der Waals surface area contributed by atoms with E-state index in [2.05, 4.69) is 20.9 Å². The summed E-state index contributed by atoms with van der Waals surface area (Å²) in [5.41, 5.74) is 1.11. The molecule has 0 aliphatic rings. The lowest BCUT2D eigenvalue weighted by Gasteiger charge is -2.16. The Hall–Kier alpha value is -2.24. The lowest BCUT2D eigenvalue weighted by Crippen LogP contribution is -2.40. The zero-order valence-electron chi connectivity index (χ0n) is 16.1. The summed E-state index contributed by atoms with van der Waals surface area (Å²) in [4.78, 5) is 16.2. The number of guanidine groups is 1. The summed E-state index contributed by atoms with van der Waals surface area (Å²) in [6.07, 6.45) is 0.374. The Balaban J connectivity index is 2.46. The molecule has 0 aliphatic carbocycles. The van der Waals surface area contributed by atoms with Gasteiger partial charge in [-0.25, -0.2) is 4.99 Å². The lowest BCUT2D eigenvalue weighted by molar-refractivity contribution is -0.121. The molecule has 1 aromatic rings. The number of aliphatic imine (C=N–C) groups is 1. The molecule has 1 aromatic carbocycles. The molecule has 1 atom stereocenters. The molecule has 1 amide bonds. The topological polar surface area (TPSA) is 74.8 Å². The quantitative estimate of drug-likeness (QED) is 0.473. The molecule has 140 valence electrons. The molecule has 0 aromatic heterocycles. The minimum Gasteiger partial charge on any atom is -0.489 e. The van der Waals surface area contributed by atoms with Crippen LogP contribution in [0.1, 0.15) is 39.7 Å². The molecule has 6 heteroatoms. The van der Waals surface area contributed by atoms with Crippen LogP contribution < -0.4 is 20.7 Å². The molecule has 0 bridgehead atoms. The first-order chi connectivity index (χ1) is 11.9. The average Bonchev–Trinajstić information content (AvgIpc) is 2.54. The average molecular weight is 348 g/mol. The second-order valence-electron chi connectivity index (χ2n) is 6.31. The van der Waals surface area contributed by atoms with Crippen LogP contribution in [-0.2, 0) is 4.79 Å². The first-order valence-electron chi connectivity index (χ1n) is 8.96. The molecular weight excluding hydrogens is 316 g/mol. The summed E-state index contributed by atoms with van der Waals surface area (Å²) in [5, 5.41) is 9.23. The molecule has 1 unspecified atom stereocenters. The minimum absolute atomic E-state index is 0.0367. The van der Waals surface area contributed by atoms with Crippen molar-refractivity contribution in [2.24, 2.45) is 4.99 Å². The maximum Gasteiger partial charge on any atom is 0.221 e. The number of benzene rings is 1. The number of carbonyl (C=O) groups excluding carboxylic acids is 1. The molecule has 0 fully saturated rings. The fourth-order valence-electron chi connectivity index (χ4n) is 2.19. The van der Waals surface area contributed by atoms with Gasteiger partial charge >= 0.3 is 0 Å². The number of hydrogen-bond donors (Lipinski definition) is 3. The summed E-state index contributed by atoms with van der Waals surface area (Å²) in [5.74, 6) is 1.61. The highest BCUT2D eigenvalue weighted by molar-refractivity contribution is 5.81.